The Morgan fingerprint density at radius 1 is 1.35 bits per heavy atom. The Bertz CT molecular complexity index is 680. The third kappa shape index (κ3) is 3.18. The molecule has 0 amide bonds. The summed E-state index contributed by atoms with van der Waals surface area (Å²) in [6.07, 6.45) is 0.543. The van der Waals surface area contributed by atoms with Crippen molar-refractivity contribution >= 4 is 28.5 Å². The van der Waals surface area contributed by atoms with E-state index in [1.54, 1.807) is 18.2 Å². The van der Waals surface area contributed by atoms with E-state index in [9.17, 15) is 9.59 Å². The Morgan fingerprint density at radius 2 is 2.15 bits per heavy atom. The van der Waals surface area contributed by atoms with Crippen molar-refractivity contribution in [2.24, 2.45) is 5.73 Å². The molecule has 20 heavy (non-hydrogen) atoms. The van der Waals surface area contributed by atoms with E-state index in [0.717, 1.165) is 5.56 Å². The standard InChI is InChI=1S/C14H14ClNO4/c15-8-9-2-3-12-10(6-9)7-11(14(18)20-12)13(17)19-5-1-4-16/h2-3,6-7H,1,4-5,8,16H2. The first-order chi connectivity index (χ1) is 9.65. The Kier molecular flexibility index (Phi) is 4.76. The molecule has 0 fully saturated rings. The Hall–Kier alpha value is -1.85. The Morgan fingerprint density at radius 3 is 2.85 bits per heavy atom. The van der Waals surface area contributed by atoms with Crippen LogP contribution in [0.5, 0.6) is 0 Å². The van der Waals surface area contributed by atoms with E-state index in [1.165, 1.54) is 6.07 Å². The maximum atomic E-state index is 11.8. The van der Waals surface area contributed by atoms with Gasteiger partial charge in [-0.25, -0.2) is 9.59 Å². The van der Waals surface area contributed by atoms with Crippen LogP contribution in [0.3, 0.4) is 0 Å². The maximum absolute atomic E-state index is 11.8. The Balaban J connectivity index is 2.35. The molecule has 6 heteroatoms. The molecule has 106 valence electrons. The van der Waals surface area contributed by atoms with E-state index in [0.29, 0.717) is 29.8 Å². The second-order valence-electron chi connectivity index (χ2n) is 4.23. The van der Waals surface area contributed by atoms with E-state index in [-0.39, 0.29) is 12.2 Å². The van der Waals surface area contributed by atoms with Gasteiger partial charge in [-0.05, 0) is 36.7 Å². The number of rotatable bonds is 5. The number of carbonyl (C=O) groups is 1. The molecule has 0 aliphatic heterocycles. The lowest BCUT2D eigenvalue weighted by atomic mass is 10.1. The van der Waals surface area contributed by atoms with Gasteiger partial charge in [0.05, 0.1) is 6.61 Å². The van der Waals surface area contributed by atoms with Crippen LogP contribution in [0, 0.1) is 0 Å². The topological polar surface area (TPSA) is 82.5 Å². The first kappa shape index (κ1) is 14.6. The van der Waals surface area contributed by atoms with Gasteiger partial charge in [-0.3, -0.25) is 0 Å². The Labute approximate surface area is 120 Å². The normalized spacial score (nSPS) is 10.7. The van der Waals surface area contributed by atoms with Gasteiger partial charge < -0.3 is 14.9 Å². The number of carbonyl (C=O) groups excluding carboxylic acids is 1. The van der Waals surface area contributed by atoms with E-state index in [4.69, 9.17) is 26.5 Å². The average Bonchev–Trinajstić information content (AvgIpc) is 2.46. The van der Waals surface area contributed by atoms with Crippen LogP contribution >= 0.6 is 11.6 Å². The summed E-state index contributed by atoms with van der Waals surface area (Å²) in [5.41, 5.74) is 5.74. The highest BCUT2D eigenvalue weighted by molar-refractivity contribution is 6.17. The number of hydrogen-bond acceptors (Lipinski definition) is 5. The third-order valence-electron chi connectivity index (χ3n) is 2.75. The van der Waals surface area contributed by atoms with Crippen LogP contribution in [-0.4, -0.2) is 19.1 Å². The second-order valence-corrected chi connectivity index (χ2v) is 4.50. The lowest BCUT2D eigenvalue weighted by molar-refractivity contribution is 0.0498. The monoisotopic (exact) mass is 295 g/mol. The number of esters is 1. The zero-order valence-electron chi connectivity index (χ0n) is 10.7. The van der Waals surface area contributed by atoms with E-state index < -0.39 is 11.6 Å². The van der Waals surface area contributed by atoms with Gasteiger partial charge in [0, 0.05) is 11.3 Å². The lowest BCUT2D eigenvalue weighted by Crippen LogP contribution is -2.17. The first-order valence-corrected chi connectivity index (χ1v) is 6.69. The highest BCUT2D eigenvalue weighted by atomic mass is 35.5. The van der Waals surface area contributed by atoms with Crippen molar-refractivity contribution in [2.75, 3.05) is 13.2 Å². The van der Waals surface area contributed by atoms with E-state index in [1.807, 2.05) is 0 Å². The quantitative estimate of drug-likeness (QED) is 0.395. The van der Waals surface area contributed by atoms with Gasteiger partial charge in [0.2, 0.25) is 0 Å². The van der Waals surface area contributed by atoms with Crippen LogP contribution in [0.1, 0.15) is 22.3 Å². The van der Waals surface area contributed by atoms with Crippen LogP contribution in [0.25, 0.3) is 11.0 Å². The van der Waals surface area contributed by atoms with Crippen molar-refractivity contribution in [3.05, 3.63) is 45.8 Å². The van der Waals surface area contributed by atoms with Gasteiger partial charge in [-0.15, -0.1) is 11.6 Å². The van der Waals surface area contributed by atoms with Crippen LogP contribution in [0.4, 0.5) is 0 Å². The number of benzene rings is 1. The van der Waals surface area contributed by atoms with Crippen molar-refractivity contribution in [1.82, 2.24) is 0 Å². The number of nitrogens with two attached hydrogens (primary N) is 1. The minimum atomic E-state index is -0.714. The molecule has 0 unspecified atom stereocenters. The van der Waals surface area contributed by atoms with Gasteiger partial charge in [0.1, 0.15) is 11.1 Å². The molecule has 0 saturated carbocycles. The summed E-state index contributed by atoms with van der Waals surface area (Å²) < 4.78 is 10.0. The number of alkyl halides is 1. The number of ether oxygens (including phenoxy) is 1. The fourth-order valence-electron chi connectivity index (χ4n) is 1.72. The largest absolute Gasteiger partial charge is 0.462 e. The number of hydrogen-bond donors (Lipinski definition) is 1. The fourth-order valence-corrected chi connectivity index (χ4v) is 1.89. The molecule has 1 heterocycles. The molecule has 0 saturated heterocycles. The van der Waals surface area contributed by atoms with Gasteiger partial charge in [0.15, 0.2) is 0 Å². The molecule has 0 bridgehead atoms. The van der Waals surface area contributed by atoms with Crippen LogP contribution < -0.4 is 11.4 Å². The molecule has 2 N–H and O–H groups in total. The summed E-state index contributed by atoms with van der Waals surface area (Å²) >= 11 is 5.75. The highest BCUT2D eigenvalue weighted by Gasteiger charge is 2.15. The highest BCUT2D eigenvalue weighted by Crippen LogP contribution is 2.17. The molecule has 0 aliphatic rings. The number of halogens is 1. The van der Waals surface area contributed by atoms with Crippen molar-refractivity contribution in [3.63, 3.8) is 0 Å². The minimum absolute atomic E-state index is 0.124. The molecule has 0 spiro atoms. The first-order valence-electron chi connectivity index (χ1n) is 6.15. The molecule has 0 atom stereocenters. The maximum Gasteiger partial charge on any atom is 0.351 e. The van der Waals surface area contributed by atoms with Gasteiger partial charge in [-0.1, -0.05) is 6.07 Å². The summed E-state index contributed by atoms with van der Waals surface area (Å²) in [4.78, 5) is 23.5. The van der Waals surface area contributed by atoms with Crippen LogP contribution in [-0.2, 0) is 10.6 Å². The summed E-state index contributed by atoms with van der Waals surface area (Å²) in [5, 5.41) is 0.633. The average molecular weight is 296 g/mol. The lowest BCUT2D eigenvalue weighted by Gasteiger charge is -2.04. The predicted molar refractivity (Wildman–Crippen MR) is 76.0 cm³/mol. The van der Waals surface area contributed by atoms with Gasteiger partial charge >= 0.3 is 11.6 Å². The van der Waals surface area contributed by atoms with Gasteiger partial charge in [0.25, 0.3) is 0 Å². The molecular formula is C14H14ClNO4. The van der Waals surface area contributed by atoms with Gasteiger partial charge in [-0.2, -0.15) is 0 Å². The number of fused-ring (bicyclic) bond motifs is 1. The van der Waals surface area contributed by atoms with Crippen LogP contribution in [0.15, 0.2) is 33.5 Å². The predicted octanol–water partition coefficient (Wildman–Crippen LogP) is 2.04. The summed E-state index contributed by atoms with van der Waals surface area (Å²) in [5.74, 6) is -0.365. The van der Waals surface area contributed by atoms with Crippen molar-refractivity contribution in [1.29, 1.82) is 0 Å². The van der Waals surface area contributed by atoms with E-state index >= 15 is 0 Å². The molecule has 0 radical (unpaired) electrons. The SMILES string of the molecule is NCCCOC(=O)c1cc2cc(CCl)ccc2oc1=O. The summed E-state index contributed by atoms with van der Waals surface area (Å²) in [6, 6.07) is 6.64. The molecule has 1 aromatic carbocycles. The smallest absolute Gasteiger partial charge is 0.351 e. The van der Waals surface area contributed by atoms with E-state index in [2.05, 4.69) is 0 Å². The fraction of sp³-hybridized carbons (Fsp3) is 0.286. The molecule has 2 aromatic rings. The van der Waals surface area contributed by atoms with Crippen LogP contribution in [0.2, 0.25) is 0 Å². The minimum Gasteiger partial charge on any atom is -0.462 e. The van der Waals surface area contributed by atoms with Crippen molar-refractivity contribution in [3.8, 4) is 0 Å². The zero-order chi connectivity index (χ0) is 14.5. The third-order valence-corrected chi connectivity index (χ3v) is 3.06. The summed E-state index contributed by atoms with van der Waals surface area (Å²) in [6.45, 7) is 0.590. The van der Waals surface area contributed by atoms with Crippen molar-refractivity contribution in [2.45, 2.75) is 12.3 Å². The molecular weight excluding hydrogens is 282 g/mol. The molecule has 1 aromatic heterocycles. The molecule has 0 aliphatic carbocycles. The molecule has 2 rings (SSSR count). The van der Waals surface area contributed by atoms with Crippen molar-refractivity contribution < 1.29 is 13.9 Å². The zero-order valence-corrected chi connectivity index (χ0v) is 11.5. The molecule has 5 nitrogen and oxygen atoms in total. The summed E-state index contributed by atoms with van der Waals surface area (Å²) in [7, 11) is 0. The second kappa shape index (κ2) is 6.54.